The fraction of sp³-hybridized carbons (Fsp3) is 0.400. The van der Waals surface area contributed by atoms with Gasteiger partial charge in [0.1, 0.15) is 0 Å². The number of hydrogen-bond donors (Lipinski definition) is 1. The van der Waals surface area contributed by atoms with E-state index in [2.05, 4.69) is 21.5 Å². The number of nitrogens with one attached hydrogen (secondary N) is 1. The molecule has 8 nitrogen and oxygen atoms in total. The summed E-state index contributed by atoms with van der Waals surface area (Å²) in [5.41, 5.74) is 3.54. The Kier molecular flexibility index (Phi) is 5.10. The normalized spacial score (nSPS) is 14.2. The summed E-state index contributed by atoms with van der Waals surface area (Å²) in [6, 6.07) is 5.48. The third kappa shape index (κ3) is 3.90. The number of aromatic nitrogens is 3. The first-order valence-electron chi connectivity index (χ1n) is 9.49. The van der Waals surface area contributed by atoms with E-state index in [4.69, 9.17) is 8.94 Å². The van der Waals surface area contributed by atoms with E-state index in [0.717, 1.165) is 24.8 Å². The molecule has 1 aliphatic carbocycles. The van der Waals surface area contributed by atoms with Crippen LogP contribution < -0.4 is 11.1 Å². The lowest BCUT2D eigenvalue weighted by atomic mass is 9.97. The molecule has 0 atom stereocenters. The van der Waals surface area contributed by atoms with Crippen LogP contribution in [0.4, 0.5) is 0 Å². The Morgan fingerprint density at radius 2 is 2.21 bits per heavy atom. The zero-order valence-electron chi connectivity index (χ0n) is 15.7. The van der Waals surface area contributed by atoms with Gasteiger partial charge in [0.05, 0.1) is 12.1 Å². The number of carbonyl (C=O) groups excluding carboxylic acids is 1. The van der Waals surface area contributed by atoms with Crippen LogP contribution in [0.25, 0.3) is 11.1 Å². The van der Waals surface area contributed by atoms with Crippen molar-refractivity contribution in [2.75, 3.05) is 6.54 Å². The molecule has 0 spiro atoms. The van der Waals surface area contributed by atoms with Gasteiger partial charge in [0, 0.05) is 6.54 Å². The highest BCUT2D eigenvalue weighted by molar-refractivity contribution is 5.89. The van der Waals surface area contributed by atoms with Gasteiger partial charge in [0.15, 0.2) is 11.4 Å². The van der Waals surface area contributed by atoms with Crippen molar-refractivity contribution in [2.45, 2.75) is 45.6 Å². The summed E-state index contributed by atoms with van der Waals surface area (Å²) in [6.45, 7) is 2.54. The van der Waals surface area contributed by atoms with Gasteiger partial charge in [0.25, 0.3) is 0 Å². The van der Waals surface area contributed by atoms with Crippen molar-refractivity contribution in [3.8, 4) is 0 Å². The summed E-state index contributed by atoms with van der Waals surface area (Å²) in [5.74, 6) is -0.774. The fourth-order valence-electron chi connectivity index (χ4n) is 3.42. The molecule has 0 bridgehead atoms. The predicted octanol–water partition coefficient (Wildman–Crippen LogP) is 2.95. The lowest BCUT2D eigenvalue weighted by Gasteiger charge is -2.12. The van der Waals surface area contributed by atoms with Crippen molar-refractivity contribution in [3.63, 3.8) is 0 Å². The molecule has 1 N–H and O–H groups in total. The first kappa shape index (κ1) is 18.2. The van der Waals surface area contributed by atoms with Crippen molar-refractivity contribution in [1.29, 1.82) is 0 Å². The highest BCUT2D eigenvalue weighted by atomic mass is 16.5. The van der Waals surface area contributed by atoms with E-state index >= 15 is 0 Å². The summed E-state index contributed by atoms with van der Waals surface area (Å²) in [5, 5.41) is 6.62. The summed E-state index contributed by atoms with van der Waals surface area (Å²) < 4.78 is 11.7. The van der Waals surface area contributed by atoms with Crippen molar-refractivity contribution in [3.05, 3.63) is 57.7 Å². The Morgan fingerprint density at radius 1 is 1.32 bits per heavy atom. The Morgan fingerprint density at radius 3 is 3.04 bits per heavy atom. The number of aryl methyl sites for hydroxylation is 1. The minimum Gasteiger partial charge on any atom is -0.408 e. The molecular formula is C20H22N4O4. The number of benzene rings is 1. The van der Waals surface area contributed by atoms with Gasteiger partial charge in [-0.3, -0.25) is 9.36 Å². The van der Waals surface area contributed by atoms with Crippen LogP contribution in [0, 0.1) is 6.92 Å². The molecule has 28 heavy (non-hydrogen) atoms. The van der Waals surface area contributed by atoms with Crippen molar-refractivity contribution in [1.82, 2.24) is 20.0 Å². The molecule has 2 aromatic heterocycles. The fourth-order valence-corrected chi connectivity index (χ4v) is 3.42. The average Bonchev–Trinajstić information content (AvgIpc) is 3.28. The molecule has 0 radical (unpaired) electrons. The molecule has 0 aliphatic heterocycles. The molecular weight excluding hydrogens is 360 g/mol. The van der Waals surface area contributed by atoms with Gasteiger partial charge in [-0.25, -0.2) is 4.79 Å². The summed E-state index contributed by atoms with van der Waals surface area (Å²) >= 11 is 0. The molecule has 3 aromatic rings. The molecule has 8 heteroatoms. The molecule has 0 saturated carbocycles. The van der Waals surface area contributed by atoms with Crippen molar-refractivity contribution < 1.29 is 13.7 Å². The molecule has 146 valence electrons. The molecule has 1 aromatic carbocycles. The number of nitrogens with zero attached hydrogens (tertiary/aromatic N) is 3. The Hall–Kier alpha value is -3.16. The maximum atomic E-state index is 12.2. The smallest absolute Gasteiger partial charge is 0.408 e. The number of hydrogen-bond acceptors (Lipinski definition) is 6. The van der Waals surface area contributed by atoms with Crippen LogP contribution >= 0.6 is 0 Å². The zero-order chi connectivity index (χ0) is 19.5. The molecule has 1 amide bonds. The molecule has 2 heterocycles. The van der Waals surface area contributed by atoms with Crippen LogP contribution in [0.2, 0.25) is 0 Å². The Labute approximate surface area is 161 Å². The highest BCUT2D eigenvalue weighted by Crippen LogP contribution is 2.19. The minimum absolute atomic E-state index is 0.0684. The van der Waals surface area contributed by atoms with Crippen molar-refractivity contribution in [2.24, 2.45) is 0 Å². The Balaban J connectivity index is 1.41. The highest BCUT2D eigenvalue weighted by Gasteiger charge is 2.17. The lowest BCUT2D eigenvalue weighted by molar-refractivity contribution is 0.0910. The lowest BCUT2D eigenvalue weighted by Crippen LogP contribution is -2.25. The SMILES string of the molecule is Cc1ccc2oc(=O)n(Cc3noc(C(=O)NCCC4=CCCCC4)n3)c2c1. The van der Waals surface area contributed by atoms with E-state index in [9.17, 15) is 9.59 Å². The van der Waals surface area contributed by atoms with Gasteiger partial charge < -0.3 is 14.3 Å². The van der Waals surface area contributed by atoms with Crippen LogP contribution in [-0.2, 0) is 6.54 Å². The van der Waals surface area contributed by atoms with E-state index < -0.39 is 11.7 Å². The van der Waals surface area contributed by atoms with E-state index in [1.165, 1.54) is 23.0 Å². The van der Waals surface area contributed by atoms with Gasteiger partial charge in [-0.05, 0) is 56.7 Å². The summed E-state index contributed by atoms with van der Waals surface area (Å²) in [7, 11) is 0. The largest absolute Gasteiger partial charge is 0.420 e. The quantitative estimate of drug-likeness (QED) is 0.658. The monoisotopic (exact) mass is 382 g/mol. The number of oxazole rings is 1. The summed E-state index contributed by atoms with van der Waals surface area (Å²) in [4.78, 5) is 28.4. The molecule has 1 aliphatic rings. The molecule has 4 rings (SSSR count). The van der Waals surface area contributed by atoms with E-state index in [-0.39, 0.29) is 18.3 Å². The van der Waals surface area contributed by atoms with Gasteiger partial charge in [-0.1, -0.05) is 22.9 Å². The molecule has 0 saturated heterocycles. The first-order chi connectivity index (χ1) is 13.6. The third-order valence-corrected chi connectivity index (χ3v) is 4.90. The second kappa shape index (κ2) is 7.84. The summed E-state index contributed by atoms with van der Waals surface area (Å²) in [6.07, 6.45) is 7.78. The Bertz CT molecular complexity index is 1090. The van der Waals surface area contributed by atoms with Crippen LogP contribution in [0.3, 0.4) is 0 Å². The second-order valence-electron chi connectivity index (χ2n) is 7.06. The maximum Gasteiger partial charge on any atom is 0.420 e. The molecule has 0 unspecified atom stereocenters. The van der Waals surface area contributed by atoms with E-state index in [0.29, 0.717) is 17.6 Å². The number of carbonyl (C=O) groups is 1. The van der Waals surface area contributed by atoms with E-state index in [1.54, 1.807) is 6.07 Å². The van der Waals surface area contributed by atoms with Crippen LogP contribution in [0.5, 0.6) is 0 Å². The standard InChI is InChI=1S/C20H22N4O4/c1-13-7-8-16-15(11-13)24(20(26)27-16)12-17-22-19(28-23-17)18(25)21-10-9-14-5-3-2-4-6-14/h5,7-8,11H,2-4,6,9-10,12H2,1H3,(H,21,25). The van der Waals surface area contributed by atoms with Gasteiger partial charge >= 0.3 is 17.6 Å². The minimum atomic E-state index is -0.503. The number of amides is 1. The first-order valence-corrected chi connectivity index (χ1v) is 9.49. The van der Waals surface area contributed by atoms with Crippen molar-refractivity contribution >= 4 is 17.0 Å². The average molecular weight is 382 g/mol. The third-order valence-electron chi connectivity index (χ3n) is 4.90. The van der Waals surface area contributed by atoms with Gasteiger partial charge in [0.2, 0.25) is 0 Å². The van der Waals surface area contributed by atoms with Crippen LogP contribution in [-0.4, -0.2) is 27.2 Å². The maximum absolute atomic E-state index is 12.2. The van der Waals surface area contributed by atoms with E-state index in [1.807, 2.05) is 19.1 Å². The topological polar surface area (TPSA) is 103 Å². The van der Waals surface area contributed by atoms with Gasteiger partial charge in [-0.15, -0.1) is 0 Å². The second-order valence-corrected chi connectivity index (χ2v) is 7.06. The van der Waals surface area contributed by atoms with Crippen LogP contribution in [0.1, 0.15) is 54.2 Å². The number of allylic oxidation sites excluding steroid dienone is 1. The zero-order valence-corrected chi connectivity index (χ0v) is 15.7. The number of rotatable bonds is 6. The number of fused-ring (bicyclic) bond motifs is 1. The predicted molar refractivity (Wildman–Crippen MR) is 102 cm³/mol. The van der Waals surface area contributed by atoms with Gasteiger partial charge in [-0.2, -0.15) is 4.98 Å². The van der Waals surface area contributed by atoms with Crippen LogP contribution in [0.15, 0.2) is 43.6 Å². The molecule has 0 fully saturated rings.